The number of carbonyl (C=O) groups is 2. The van der Waals surface area contributed by atoms with Gasteiger partial charge >= 0.3 is 0 Å². The second-order valence-corrected chi connectivity index (χ2v) is 6.49. The molecule has 4 rings (SSSR count). The second kappa shape index (κ2) is 8.83. The van der Waals surface area contributed by atoms with Crippen LogP contribution in [0.5, 0.6) is 11.6 Å². The van der Waals surface area contributed by atoms with Gasteiger partial charge in [0.1, 0.15) is 5.75 Å². The number of nitrogens with one attached hydrogen (secondary N) is 2. The zero-order chi connectivity index (χ0) is 20.8. The van der Waals surface area contributed by atoms with Gasteiger partial charge in [-0.15, -0.1) is 0 Å². The van der Waals surface area contributed by atoms with Gasteiger partial charge in [0.25, 0.3) is 5.91 Å². The molecule has 30 heavy (non-hydrogen) atoms. The molecule has 0 radical (unpaired) electrons. The molecule has 0 fully saturated rings. The molecule has 0 spiro atoms. The maximum absolute atomic E-state index is 12.4. The number of benzene rings is 3. The summed E-state index contributed by atoms with van der Waals surface area (Å²) in [5.74, 6) is -0.0128. The Morgan fingerprint density at radius 1 is 0.900 bits per heavy atom. The third kappa shape index (κ3) is 4.59. The molecule has 0 aliphatic carbocycles. The number of fused-ring (bicyclic) bond motifs is 1. The first-order valence-electron chi connectivity index (χ1n) is 9.29. The highest BCUT2D eigenvalue weighted by Crippen LogP contribution is 2.20. The van der Waals surface area contributed by atoms with Crippen molar-refractivity contribution in [3.63, 3.8) is 0 Å². The zero-order valence-corrected chi connectivity index (χ0v) is 15.9. The highest BCUT2D eigenvalue weighted by Gasteiger charge is 2.11. The SMILES string of the molecule is O=C(Cc1cccc2ccccc12)NNC(=O)c1cccc(Oc2cnccn2)c1. The lowest BCUT2D eigenvalue weighted by atomic mass is 10.0. The van der Waals surface area contributed by atoms with Crippen molar-refractivity contribution in [1.29, 1.82) is 0 Å². The summed E-state index contributed by atoms with van der Waals surface area (Å²) < 4.78 is 5.57. The topological polar surface area (TPSA) is 93.2 Å². The lowest BCUT2D eigenvalue weighted by Crippen LogP contribution is -2.42. The van der Waals surface area contributed by atoms with Crippen LogP contribution < -0.4 is 15.6 Å². The number of hydrazine groups is 1. The number of carbonyl (C=O) groups excluding carboxylic acids is 2. The standard InChI is InChI=1S/C23H18N4O3/c28-21(14-17-7-3-6-16-5-1-2-10-20(16)17)26-27-23(29)18-8-4-9-19(13-18)30-22-15-24-11-12-25-22/h1-13,15H,14H2,(H,26,28)(H,27,29). The van der Waals surface area contributed by atoms with Gasteiger partial charge in [0, 0.05) is 18.0 Å². The van der Waals surface area contributed by atoms with Gasteiger partial charge in [-0.1, -0.05) is 48.5 Å². The Bertz CT molecular complexity index is 1190. The lowest BCUT2D eigenvalue weighted by Gasteiger charge is -2.10. The number of ether oxygens (including phenoxy) is 1. The minimum absolute atomic E-state index is 0.150. The number of hydrogen-bond acceptors (Lipinski definition) is 5. The van der Waals surface area contributed by atoms with Crippen molar-refractivity contribution >= 4 is 22.6 Å². The van der Waals surface area contributed by atoms with E-state index in [0.717, 1.165) is 16.3 Å². The van der Waals surface area contributed by atoms with Crippen LogP contribution in [-0.4, -0.2) is 21.8 Å². The maximum atomic E-state index is 12.4. The molecule has 0 saturated carbocycles. The quantitative estimate of drug-likeness (QED) is 0.503. The smallest absolute Gasteiger partial charge is 0.269 e. The van der Waals surface area contributed by atoms with Gasteiger partial charge in [0.05, 0.1) is 12.6 Å². The molecule has 3 aromatic carbocycles. The first kappa shape index (κ1) is 19.1. The number of aromatic nitrogens is 2. The van der Waals surface area contributed by atoms with Crippen LogP contribution in [-0.2, 0) is 11.2 Å². The Labute approximate surface area is 172 Å². The Morgan fingerprint density at radius 2 is 1.73 bits per heavy atom. The van der Waals surface area contributed by atoms with Crippen molar-refractivity contribution in [1.82, 2.24) is 20.8 Å². The summed E-state index contributed by atoms with van der Waals surface area (Å²) in [4.78, 5) is 32.7. The summed E-state index contributed by atoms with van der Waals surface area (Å²) in [6, 6.07) is 20.2. The molecule has 1 aromatic heterocycles. The molecule has 0 unspecified atom stereocenters. The number of rotatable bonds is 5. The maximum Gasteiger partial charge on any atom is 0.269 e. The normalized spacial score (nSPS) is 10.4. The third-order valence-electron chi connectivity index (χ3n) is 4.40. The van der Waals surface area contributed by atoms with Gasteiger partial charge < -0.3 is 4.74 Å². The minimum atomic E-state index is -0.453. The summed E-state index contributed by atoms with van der Waals surface area (Å²) in [5.41, 5.74) is 6.12. The number of amides is 2. The number of hydrogen-bond donors (Lipinski definition) is 2. The van der Waals surface area contributed by atoms with Crippen LogP contribution in [0.15, 0.2) is 85.3 Å². The molecule has 0 aliphatic heterocycles. The fourth-order valence-corrected chi connectivity index (χ4v) is 3.02. The third-order valence-corrected chi connectivity index (χ3v) is 4.40. The van der Waals surface area contributed by atoms with Crippen molar-refractivity contribution in [3.8, 4) is 11.6 Å². The fourth-order valence-electron chi connectivity index (χ4n) is 3.02. The first-order chi connectivity index (χ1) is 14.7. The molecular weight excluding hydrogens is 380 g/mol. The largest absolute Gasteiger partial charge is 0.437 e. The van der Waals surface area contributed by atoms with E-state index in [9.17, 15) is 9.59 Å². The predicted octanol–water partition coefficient (Wildman–Crippen LogP) is 3.43. The molecule has 4 aromatic rings. The van der Waals surface area contributed by atoms with Crippen molar-refractivity contribution in [2.75, 3.05) is 0 Å². The summed E-state index contributed by atoms with van der Waals surface area (Å²) >= 11 is 0. The molecule has 7 heteroatoms. The van der Waals surface area contributed by atoms with Crippen molar-refractivity contribution in [2.45, 2.75) is 6.42 Å². The second-order valence-electron chi connectivity index (χ2n) is 6.49. The summed E-state index contributed by atoms with van der Waals surface area (Å²) in [6.07, 6.45) is 4.67. The van der Waals surface area contributed by atoms with Crippen LogP contribution in [0.25, 0.3) is 10.8 Å². The Balaban J connectivity index is 1.37. The molecule has 2 amide bonds. The molecule has 7 nitrogen and oxygen atoms in total. The number of nitrogens with zero attached hydrogens (tertiary/aromatic N) is 2. The monoisotopic (exact) mass is 398 g/mol. The predicted molar refractivity (Wildman–Crippen MR) is 112 cm³/mol. The molecular formula is C23H18N4O3. The molecule has 2 N–H and O–H groups in total. The highest BCUT2D eigenvalue weighted by atomic mass is 16.5. The van der Waals surface area contributed by atoms with Gasteiger partial charge in [-0.25, -0.2) is 4.98 Å². The van der Waals surface area contributed by atoms with E-state index in [1.807, 2.05) is 42.5 Å². The van der Waals surface area contributed by atoms with Crippen LogP contribution in [0.3, 0.4) is 0 Å². The molecule has 0 bridgehead atoms. The van der Waals surface area contributed by atoms with Crippen LogP contribution >= 0.6 is 0 Å². The van der Waals surface area contributed by atoms with E-state index >= 15 is 0 Å². The Morgan fingerprint density at radius 3 is 2.60 bits per heavy atom. The Kier molecular flexibility index (Phi) is 5.61. The van der Waals surface area contributed by atoms with Crippen molar-refractivity contribution in [2.24, 2.45) is 0 Å². The highest BCUT2D eigenvalue weighted by molar-refractivity contribution is 5.96. The van der Waals surface area contributed by atoms with E-state index in [-0.39, 0.29) is 12.3 Å². The van der Waals surface area contributed by atoms with Gasteiger partial charge in [-0.3, -0.25) is 25.4 Å². The zero-order valence-electron chi connectivity index (χ0n) is 15.9. The van der Waals surface area contributed by atoms with Gasteiger partial charge in [0.15, 0.2) is 0 Å². The minimum Gasteiger partial charge on any atom is -0.437 e. The average molecular weight is 398 g/mol. The van der Waals surface area contributed by atoms with Crippen molar-refractivity contribution in [3.05, 3.63) is 96.4 Å². The Hall–Kier alpha value is -4.26. The first-order valence-corrected chi connectivity index (χ1v) is 9.29. The van der Waals surface area contributed by atoms with Crippen LogP contribution in [0, 0.1) is 0 Å². The van der Waals surface area contributed by atoms with Crippen LogP contribution in [0.4, 0.5) is 0 Å². The van der Waals surface area contributed by atoms with E-state index in [0.29, 0.717) is 17.2 Å². The van der Waals surface area contributed by atoms with Crippen molar-refractivity contribution < 1.29 is 14.3 Å². The van der Waals surface area contributed by atoms with E-state index in [4.69, 9.17) is 4.74 Å². The fraction of sp³-hybridized carbons (Fsp3) is 0.0435. The molecule has 1 heterocycles. The van der Waals surface area contributed by atoms with E-state index in [1.165, 1.54) is 18.6 Å². The summed E-state index contributed by atoms with van der Waals surface area (Å²) in [6.45, 7) is 0. The molecule has 0 atom stereocenters. The molecule has 0 aliphatic rings. The van der Waals surface area contributed by atoms with Crippen LogP contribution in [0.1, 0.15) is 15.9 Å². The van der Waals surface area contributed by atoms with Gasteiger partial charge in [-0.05, 0) is 34.5 Å². The van der Waals surface area contributed by atoms with E-state index in [1.54, 1.807) is 24.3 Å². The van der Waals surface area contributed by atoms with Crippen LogP contribution in [0.2, 0.25) is 0 Å². The van der Waals surface area contributed by atoms with Gasteiger partial charge in [0.2, 0.25) is 11.8 Å². The average Bonchev–Trinajstić information content (AvgIpc) is 2.78. The molecule has 148 valence electrons. The van der Waals surface area contributed by atoms with E-state index in [2.05, 4.69) is 20.8 Å². The van der Waals surface area contributed by atoms with E-state index < -0.39 is 5.91 Å². The summed E-state index contributed by atoms with van der Waals surface area (Å²) in [5, 5.41) is 2.07. The van der Waals surface area contributed by atoms with Gasteiger partial charge in [-0.2, -0.15) is 0 Å². The molecule has 0 saturated heterocycles. The summed E-state index contributed by atoms with van der Waals surface area (Å²) in [7, 11) is 0. The lowest BCUT2D eigenvalue weighted by molar-refractivity contribution is -0.121.